The molecule has 1 aromatic carbocycles. The smallest absolute Gasteiger partial charge is 0.262 e. The molecule has 188 valence electrons. The maximum Gasteiger partial charge on any atom is 0.262 e. The van der Waals surface area contributed by atoms with Crippen LogP contribution in [0.25, 0.3) is 11.0 Å². The molecule has 2 aliphatic carbocycles. The molecule has 4 aliphatic rings. The Hall–Kier alpha value is -4.08. The third kappa shape index (κ3) is 3.61. The Morgan fingerprint density at radius 3 is 2.59 bits per heavy atom. The van der Waals surface area contributed by atoms with Gasteiger partial charge in [-0.15, -0.1) is 0 Å². The Balaban J connectivity index is 1.01. The number of carbonyl (C=O) groups is 4. The van der Waals surface area contributed by atoms with Gasteiger partial charge in [0.05, 0.1) is 28.4 Å². The Morgan fingerprint density at radius 2 is 1.81 bits per heavy atom. The Morgan fingerprint density at radius 1 is 1.00 bits per heavy atom. The van der Waals surface area contributed by atoms with Crippen LogP contribution in [0.15, 0.2) is 36.5 Å². The van der Waals surface area contributed by atoms with Crippen molar-refractivity contribution in [2.75, 3.05) is 11.9 Å². The van der Waals surface area contributed by atoms with Gasteiger partial charge in [-0.3, -0.25) is 39.1 Å². The molecule has 0 radical (unpaired) electrons. The van der Waals surface area contributed by atoms with Crippen LogP contribution in [0, 0.1) is 5.92 Å². The normalized spacial score (nSPS) is 25.3. The quantitative estimate of drug-likeness (QED) is 0.501. The molecule has 10 heteroatoms. The third-order valence-electron chi connectivity index (χ3n) is 8.05. The summed E-state index contributed by atoms with van der Waals surface area (Å²) in [6, 6.07) is 8.59. The lowest BCUT2D eigenvalue weighted by molar-refractivity contribution is -0.136. The molecule has 10 nitrogen and oxygen atoms in total. The largest absolute Gasteiger partial charge is 0.385 e. The summed E-state index contributed by atoms with van der Waals surface area (Å²) in [5.74, 6) is -0.953. The van der Waals surface area contributed by atoms with E-state index in [2.05, 4.69) is 26.4 Å². The number of aromatic nitrogens is 3. The van der Waals surface area contributed by atoms with Crippen LogP contribution in [-0.2, 0) is 9.59 Å². The first-order chi connectivity index (χ1) is 18.0. The molecule has 1 unspecified atom stereocenters. The molecule has 2 saturated carbocycles. The van der Waals surface area contributed by atoms with Gasteiger partial charge in [0, 0.05) is 30.8 Å². The first-order valence-corrected chi connectivity index (χ1v) is 12.9. The van der Waals surface area contributed by atoms with Crippen LogP contribution < -0.4 is 10.6 Å². The van der Waals surface area contributed by atoms with Crippen LogP contribution in [-0.4, -0.2) is 55.9 Å². The Labute approximate surface area is 212 Å². The Kier molecular flexibility index (Phi) is 4.92. The van der Waals surface area contributed by atoms with Crippen molar-refractivity contribution in [3.05, 3.63) is 53.3 Å². The molecular formula is C27H26N6O4. The van der Waals surface area contributed by atoms with Gasteiger partial charge in [0.25, 0.3) is 11.8 Å². The lowest BCUT2D eigenvalue weighted by Crippen LogP contribution is -2.54. The molecule has 0 spiro atoms. The molecule has 7 rings (SSSR count). The summed E-state index contributed by atoms with van der Waals surface area (Å²) in [7, 11) is 0. The van der Waals surface area contributed by atoms with Crippen molar-refractivity contribution >= 4 is 40.3 Å². The fourth-order valence-electron chi connectivity index (χ4n) is 5.82. The summed E-state index contributed by atoms with van der Waals surface area (Å²) in [6.07, 6.45) is 6.50. The second kappa shape index (κ2) is 8.22. The number of rotatable bonds is 6. The van der Waals surface area contributed by atoms with Gasteiger partial charge in [-0.25, -0.2) is 0 Å². The maximum atomic E-state index is 13.1. The zero-order valence-electron chi connectivity index (χ0n) is 20.1. The van der Waals surface area contributed by atoms with Crippen LogP contribution in [0.5, 0.6) is 0 Å². The van der Waals surface area contributed by atoms with Crippen molar-refractivity contribution in [1.29, 1.82) is 0 Å². The number of anilines is 1. The average Bonchev–Trinajstić information content (AvgIpc) is 3.60. The molecule has 4 amide bonds. The number of piperidine rings is 1. The van der Waals surface area contributed by atoms with Crippen LogP contribution in [0.2, 0.25) is 0 Å². The molecule has 2 aromatic heterocycles. The van der Waals surface area contributed by atoms with Crippen molar-refractivity contribution in [3.63, 3.8) is 0 Å². The molecule has 1 saturated heterocycles. The number of hydrogen-bond donors (Lipinski definition) is 2. The average molecular weight is 499 g/mol. The molecular weight excluding hydrogens is 472 g/mol. The standard InChI is InChI=1S/C27H26N6O4/c34-22-8-7-21(25(35)30-22)32-26(36)18-6-5-16(12-19(18)27(32)37)29-13-14-10-17(11-14)33-20-2-1-9-28-24(20)23(31-33)15-3-4-15/h1-2,5-6,9,12,14-15,17,21,29H,3-4,7-8,10-11,13H2,(H,30,34,35)/t14-,17-,21?. The van der Waals surface area contributed by atoms with Gasteiger partial charge < -0.3 is 5.32 Å². The van der Waals surface area contributed by atoms with Crippen molar-refractivity contribution in [1.82, 2.24) is 25.0 Å². The minimum absolute atomic E-state index is 0.103. The van der Waals surface area contributed by atoms with E-state index in [-0.39, 0.29) is 29.9 Å². The van der Waals surface area contributed by atoms with Gasteiger partial charge in [-0.05, 0) is 68.4 Å². The molecule has 2 aliphatic heterocycles. The summed E-state index contributed by atoms with van der Waals surface area (Å²) >= 11 is 0. The van der Waals surface area contributed by atoms with Crippen LogP contribution in [0.4, 0.5) is 5.69 Å². The topological polar surface area (TPSA) is 126 Å². The van der Waals surface area contributed by atoms with E-state index >= 15 is 0 Å². The monoisotopic (exact) mass is 498 g/mol. The van der Waals surface area contributed by atoms with E-state index in [0.29, 0.717) is 17.9 Å². The minimum Gasteiger partial charge on any atom is -0.385 e. The number of benzene rings is 1. The van der Waals surface area contributed by atoms with E-state index in [9.17, 15) is 19.2 Å². The minimum atomic E-state index is -0.956. The van der Waals surface area contributed by atoms with E-state index in [0.717, 1.165) is 46.7 Å². The second-order valence-corrected chi connectivity index (χ2v) is 10.6. The number of hydrogen-bond acceptors (Lipinski definition) is 7. The number of pyridine rings is 1. The van der Waals surface area contributed by atoms with Crippen molar-refractivity contribution < 1.29 is 19.2 Å². The lowest BCUT2D eigenvalue weighted by Gasteiger charge is -2.36. The predicted molar refractivity (Wildman–Crippen MR) is 133 cm³/mol. The fraction of sp³-hybridized carbons (Fsp3) is 0.407. The summed E-state index contributed by atoms with van der Waals surface area (Å²) in [5.41, 5.74) is 4.63. The number of fused-ring (bicyclic) bond motifs is 2. The third-order valence-corrected chi connectivity index (χ3v) is 8.05. The molecule has 37 heavy (non-hydrogen) atoms. The number of imide groups is 2. The number of nitrogens with zero attached hydrogens (tertiary/aromatic N) is 4. The number of nitrogens with one attached hydrogen (secondary N) is 2. The van der Waals surface area contributed by atoms with E-state index < -0.39 is 23.8 Å². The molecule has 2 N–H and O–H groups in total. The zero-order chi connectivity index (χ0) is 25.3. The zero-order valence-corrected chi connectivity index (χ0v) is 20.1. The summed E-state index contributed by atoms with van der Waals surface area (Å²) < 4.78 is 2.16. The van der Waals surface area contributed by atoms with Gasteiger partial charge in [0.2, 0.25) is 11.8 Å². The highest BCUT2D eigenvalue weighted by Gasteiger charge is 2.44. The fourth-order valence-corrected chi connectivity index (χ4v) is 5.82. The van der Waals surface area contributed by atoms with Gasteiger partial charge >= 0.3 is 0 Å². The van der Waals surface area contributed by atoms with E-state index in [1.807, 2.05) is 12.3 Å². The number of carbonyl (C=O) groups excluding carboxylic acids is 4. The molecule has 0 bridgehead atoms. The first-order valence-electron chi connectivity index (χ1n) is 12.9. The highest BCUT2D eigenvalue weighted by atomic mass is 16.2. The molecule has 3 aromatic rings. The highest BCUT2D eigenvalue weighted by molar-refractivity contribution is 6.23. The van der Waals surface area contributed by atoms with Gasteiger partial charge in [0.1, 0.15) is 11.6 Å². The van der Waals surface area contributed by atoms with Crippen molar-refractivity contribution in [3.8, 4) is 0 Å². The van der Waals surface area contributed by atoms with E-state index in [1.54, 1.807) is 18.2 Å². The summed E-state index contributed by atoms with van der Waals surface area (Å²) in [6.45, 7) is 0.751. The number of amides is 4. The van der Waals surface area contributed by atoms with E-state index in [1.165, 1.54) is 12.8 Å². The molecule has 1 atom stereocenters. The highest BCUT2D eigenvalue weighted by Crippen LogP contribution is 2.45. The molecule has 4 heterocycles. The second-order valence-electron chi connectivity index (χ2n) is 10.6. The lowest BCUT2D eigenvalue weighted by atomic mass is 9.80. The van der Waals surface area contributed by atoms with Crippen molar-refractivity contribution in [2.45, 2.75) is 56.5 Å². The first kappa shape index (κ1) is 22.1. The van der Waals surface area contributed by atoms with Gasteiger partial charge in [-0.1, -0.05) is 0 Å². The Bertz CT molecular complexity index is 1490. The van der Waals surface area contributed by atoms with Gasteiger partial charge in [-0.2, -0.15) is 5.10 Å². The summed E-state index contributed by atoms with van der Waals surface area (Å²) in [4.78, 5) is 55.2. The van der Waals surface area contributed by atoms with E-state index in [4.69, 9.17) is 5.10 Å². The van der Waals surface area contributed by atoms with Crippen LogP contribution in [0.1, 0.15) is 76.9 Å². The SMILES string of the molecule is O=C1CCC(N2C(=O)c3ccc(NC[C@H]4C[C@H](n5nc(C6CC6)c6ncccc65)C4)cc3C2=O)C(=O)N1. The predicted octanol–water partition coefficient (Wildman–Crippen LogP) is 2.77. The van der Waals surface area contributed by atoms with Gasteiger partial charge in [0.15, 0.2) is 0 Å². The summed E-state index contributed by atoms with van der Waals surface area (Å²) in [5, 5.41) is 10.6. The van der Waals surface area contributed by atoms with Crippen LogP contribution >= 0.6 is 0 Å². The van der Waals surface area contributed by atoms with Crippen LogP contribution in [0.3, 0.4) is 0 Å². The maximum absolute atomic E-state index is 13.1. The molecule has 3 fully saturated rings. The van der Waals surface area contributed by atoms with Crippen molar-refractivity contribution in [2.24, 2.45) is 5.92 Å².